The summed E-state index contributed by atoms with van der Waals surface area (Å²) >= 11 is 1.10. The van der Waals surface area contributed by atoms with Gasteiger partial charge in [-0.2, -0.15) is 0 Å². The minimum absolute atomic E-state index is 0.136. The van der Waals surface area contributed by atoms with Crippen molar-refractivity contribution in [3.63, 3.8) is 0 Å². The number of hydrogen-bond donors (Lipinski definition) is 3. The van der Waals surface area contributed by atoms with Crippen molar-refractivity contribution in [3.8, 4) is 0 Å². The van der Waals surface area contributed by atoms with E-state index in [1.54, 1.807) is 0 Å². The van der Waals surface area contributed by atoms with Crippen molar-refractivity contribution in [1.82, 2.24) is 4.98 Å². The second kappa shape index (κ2) is 5.94. The highest BCUT2D eigenvalue weighted by atomic mass is 32.1. The van der Waals surface area contributed by atoms with Gasteiger partial charge in [-0.25, -0.2) is 4.98 Å². The zero-order chi connectivity index (χ0) is 12.8. The van der Waals surface area contributed by atoms with Crippen LogP contribution in [-0.2, 0) is 20.8 Å². The van der Waals surface area contributed by atoms with Gasteiger partial charge >= 0.3 is 11.9 Å². The first-order chi connectivity index (χ1) is 7.97. The third-order valence-corrected chi connectivity index (χ3v) is 2.50. The van der Waals surface area contributed by atoms with Crippen LogP contribution >= 0.6 is 11.3 Å². The lowest BCUT2D eigenvalue weighted by molar-refractivity contribution is -0.138. The van der Waals surface area contributed by atoms with Gasteiger partial charge < -0.3 is 15.5 Å². The first kappa shape index (κ1) is 13.1. The molecule has 1 aromatic rings. The number of carbonyl (C=O) groups excluding carboxylic acids is 1. The van der Waals surface area contributed by atoms with Crippen molar-refractivity contribution in [2.24, 2.45) is 0 Å². The van der Waals surface area contributed by atoms with Crippen molar-refractivity contribution in [2.45, 2.75) is 19.3 Å². The van der Waals surface area contributed by atoms with E-state index in [0.29, 0.717) is 5.69 Å². The van der Waals surface area contributed by atoms with E-state index in [9.17, 15) is 14.4 Å². The largest absolute Gasteiger partial charge is 0.481 e. The van der Waals surface area contributed by atoms with Gasteiger partial charge in [-0.05, 0) is 0 Å². The van der Waals surface area contributed by atoms with E-state index in [2.05, 4.69) is 10.3 Å². The van der Waals surface area contributed by atoms with E-state index < -0.39 is 17.8 Å². The molecule has 8 heteroatoms. The second-order valence-electron chi connectivity index (χ2n) is 3.16. The number of amides is 1. The van der Waals surface area contributed by atoms with Gasteiger partial charge in [0.2, 0.25) is 5.91 Å². The number of nitrogens with zero attached hydrogens (tertiary/aromatic N) is 1. The summed E-state index contributed by atoms with van der Waals surface area (Å²) in [5.41, 5.74) is 0.357. The quantitative estimate of drug-likeness (QED) is 0.687. The van der Waals surface area contributed by atoms with Crippen LogP contribution in [-0.4, -0.2) is 33.0 Å². The van der Waals surface area contributed by atoms with Gasteiger partial charge in [0.15, 0.2) is 5.13 Å². The van der Waals surface area contributed by atoms with Crippen LogP contribution in [0.2, 0.25) is 0 Å². The zero-order valence-electron chi connectivity index (χ0n) is 8.67. The number of aromatic nitrogens is 1. The number of thiazole rings is 1. The van der Waals surface area contributed by atoms with Gasteiger partial charge in [-0.1, -0.05) is 0 Å². The van der Waals surface area contributed by atoms with Crippen LogP contribution in [0.1, 0.15) is 18.5 Å². The lowest BCUT2D eigenvalue weighted by Crippen LogP contribution is -2.13. The first-order valence-electron chi connectivity index (χ1n) is 4.65. The lowest BCUT2D eigenvalue weighted by atomic mass is 10.3. The highest BCUT2D eigenvalue weighted by Gasteiger charge is 2.10. The SMILES string of the molecule is O=C(O)CCC(=O)Nc1nc(CC(=O)O)cs1. The highest BCUT2D eigenvalue weighted by Crippen LogP contribution is 2.16. The number of nitrogens with one attached hydrogen (secondary N) is 1. The molecule has 0 bridgehead atoms. The molecule has 0 radical (unpaired) electrons. The molecule has 3 N–H and O–H groups in total. The molecule has 1 amide bonds. The third-order valence-electron chi connectivity index (χ3n) is 1.70. The van der Waals surface area contributed by atoms with Crippen LogP contribution in [0.3, 0.4) is 0 Å². The number of aliphatic carboxylic acids is 2. The minimum atomic E-state index is -1.05. The lowest BCUT2D eigenvalue weighted by Gasteiger charge is -1.98. The molecule has 0 aliphatic heterocycles. The van der Waals surface area contributed by atoms with Crippen LogP contribution in [0, 0.1) is 0 Å². The summed E-state index contributed by atoms with van der Waals surface area (Å²) < 4.78 is 0. The Kier molecular flexibility index (Phi) is 4.58. The first-order valence-corrected chi connectivity index (χ1v) is 5.53. The van der Waals surface area contributed by atoms with Crippen molar-refractivity contribution < 1.29 is 24.6 Å². The van der Waals surface area contributed by atoms with Gasteiger partial charge in [-0.15, -0.1) is 11.3 Å². The molecule has 92 valence electrons. The maximum Gasteiger partial charge on any atom is 0.309 e. The van der Waals surface area contributed by atoms with Gasteiger partial charge in [-0.3, -0.25) is 14.4 Å². The predicted molar refractivity (Wildman–Crippen MR) is 59.0 cm³/mol. The van der Waals surface area contributed by atoms with E-state index in [4.69, 9.17) is 10.2 Å². The number of carboxylic acid groups (broad SMARTS) is 2. The Hall–Kier alpha value is -1.96. The molecule has 0 aromatic carbocycles. The van der Waals surface area contributed by atoms with E-state index in [-0.39, 0.29) is 24.4 Å². The summed E-state index contributed by atoms with van der Waals surface area (Å²) in [5, 5.41) is 21.1. The molecule has 0 aliphatic rings. The van der Waals surface area contributed by atoms with Gasteiger partial charge in [0.1, 0.15) is 0 Å². The summed E-state index contributed by atoms with van der Waals surface area (Å²) in [6, 6.07) is 0. The number of carbonyl (C=O) groups is 3. The van der Waals surface area contributed by atoms with E-state index >= 15 is 0 Å². The number of hydrogen-bond acceptors (Lipinski definition) is 5. The Balaban J connectivity index is 2.46. The predicted octanol–water partition coefficient (Wildman–Crippen LogP) is 0.573. The molecular weight excluding hydrogens is 248 g/mol. The summed E-state index contributed by atoms with van der Waals surface area (Å²) in [5.74, 6) is -2.51. The summed E-state index contributed by atoms with van der Waals surface area (Å²) in [7, 11) is 0. The summed E-state index contributed by atoms with van der Waals surface area (Å²) in [6.45, 7) is 0. The smallest absolute Gasteiger partial charge is 0.309 e. The molecule has 7 nitrogen and oxygen atoms in total. The fraction of sp³-hybridized carbons (Fsp3) is 0.333. The molecule has 0 saturated heterocycles. The zero-order valence-corrected chi connectivity index (χ0v) is 9.49. The van der Waals surface area contributed by atoms with Crippen LogP contribution in [0.5, 0.6) is 0 Å². The Labute approximate surface area is 100 Å². The van der Waals surface area contributed by atoms with E-state index in [1.165, 1.54) is 5.38 Å². The molecule has 0 spiro atoms. The van der Waals surface area contributed by atoms with Gasteiger partial charge in [0.05, 0.1) is 18.5 Å². The van der Waals surface area contributed by atoms with Gasteiger partial charge in [0.25, 0.3) is 0 Å². The molecule has 17 heavy (non-hydrogen) atoms. The molecule has 1 aromatic heterocycles. The maximum atomic E-state index is 11.2. The standard InChI is InChI=1S/C9H10N2O5S/c12-6(1-2-7(13)14)11-9-10-5(4-17-9)3-8(15)16/h4H,1-3H2,(H,13,14)(H,15,16)(H,10,11,12). The Bertz CT molecular complexity index is 442. The Morgan fingerprint density at radius 3 is 2.53 bits per heavy atom. The van der Waals surface area contributed by atoms with E-state index in [0.717, 1.165) is 11.3 Å². The summed E-state index contributed by atoms with van der Waals surface area (Å²) in [6.07, 6.45) is -0.593. The molecular formula is C9H10N2O5S. The number of carboxylic acids is 2. The monoisotopic (exact) mass is 258 g/mol. The van der Waals surface area contributed by atoms with E-state index in [1.807, 2.05) is 0 Å². The molecule has 0 aliphatic carbocycles. The average Bonchev–Trinajstić information content (AvgIpc) is 2.61. The average molecular weight is 258 g/mol. The molecule has 0 fully saturated rings. The van der Waals surface area contributed by atoms with Crippen LogP contribution < -0.4 is 5.32 Å². The van der Waals surface area contributed by atoms with Crippen LogP contribution in [0.4, 0.5) is 5.13 Å². The fourth-order valence-corrected chi connectivity index (χ4v) is 1.73. The maximum absolute atomic E-state index is 11.2. The van der Waals surface area contributed by atoms with Crippen molar-refractivity contribution in [1.29, 1.82) is 0 Å². The van der Waals surface area contributed by atoms with Crippen molar-refractivity contribution in [2.75, 3.05) is 5.32 Å². The topological polar surface area (TPSA) is 117 Å². The van der Waals surface area contributed by atoms with Crippen molar-refractivity contribution in [3.05, 3.63) is 11.1 Å². The number of rotatable bonds is 6. The van der Waals surface area contributed by atoms with Crippen LogP contribution in [0.25, 0.3) is 0 Å². The normalized spacial score (nSPS) is 9.88. The van der Waals surface area contributed by atoms with Gasteiger partial charge in [0, 0.05) is 11.8 Å². The molecule has 1 heterocycles. The molecule has 0 unspecified atom stereocenters. The highest BCUT2D eigenvalue weighted by molar-refractivity contribution is 7.13. The molecule has 1 rings (SSSR count). The second-order valence-corrected chi connectivity index (χ2v) is 4.01. The number of anilines is 1. The van der Waals surface area contributed by atoms with Crippen molar-refractivity contribution >= 4 is 34.3 Å². The molecule has 0 atom stereocenters. The minimum Gasteiger partial charge on any atom is -0.481 e. The third kappa shape index (κ3) is 5.07. The molecule has 0 saturated carbocycles. The van der Waals surface area contributed by atoms with Crippen LogP contribution in [0.15, 0.2) is 5.38 Å². The summed E-state index contributed by atoms with van der Waals surface area (Å²) in [4.78, 5) is 35.7. The Morgan fingerprint density at radius 2 is 1.94 bits per heavy atom. The Morgan fingerprint density at radius 1 is 1.24 bits per heavy atom. The fourth-order valence-electron chi connectivity index (χ4n) is 1.00.